The lowest BCUT2D eigenvalue weighted by molar-refractivity contribution is 0.102. The van der Waals surface area contributed by atoms with Crippen LogP contribution in [0.3, 0.4) is 0 Å². The molecule has 0 saturated carbocycles. The number of para-hydroxylation sites is 2. The molecule has 236 valence electrons. The molecule has 4 aromatic heterocycles. The van der Waals surface area contributed by atoms with Gasteiger partial charge in [-0.25, -0.2) is 9.97 Å². The van der Waals surface area contributed by atoms with Gasteiger partial charge in [0.15, 0.2) is 16.1 Å². The van der Waals surface area contributed by atoms with Crippen LogP contribution in [0.2, 0.25) is 0 Å². The molecule has 0 atom stereocenters. The van der Waals surface area contributed by atoms with Crippen molar-refractivity contribution in [1.29, 1.82) is 0 Å². The van der Waals surface area contributed by atoms with Crippen LogP contribution >= 0.6 is 22.7 Å². The van der Waals surface area contributed by atoms with Gasteiger partial charge in [0.1, 0.15) is 9.75 Å². The van der Waals surface area contributed by atoms with E-state index in [9.17, 15) is 9.59 Å². The molecule has 0 fully saturated rings. The fourth-order valence-electron chi connectivity index (χ4n) is 4.45. The van der Waals surface area contributed by atoms with Gasteiger partial charge >= 0.3 is 0 Å². The summed E-state index contributed by atoms with van der Waals surface area (Å²) >= 11 is 2.60. The van der Waals surface area contributed by atoms with Crippen molar-refractivity contribution in [1.82, 2.24) is 29.5 Å². The van der Waals surface area contributed by atoms with Gasteiger partial charge in [-0.2, -0.15) is 10.2 Å². The number of carbonyl (C=O) groups is 2. The van der Waals surface area contributed by atoms with Crippen molar-refractivity contribution in [2.45, 2.75) is 27.7 Å². The molecular formula is C32H34N10O2S2. The van der Waals surface area contributed by atoms with Gasteiger partial charge in [0.05, 0.1) is 24.3 Å². The van der Waals surface area contributed by atoms with E-state index >= 15 is 0 Å². The topological polar surface area (TPSA) is 144 Å². The summed E-state index contributed by atoms with van der Waals surface area (Å²) in [5.74, 6) is 0.386. The molecule has 6 rings (SSSR count). The Morgan fingerprint density at radius 2 is 1.17 bits per heavy atom. The number of aryl methyl sites for hydroxylation is 6. The summed E-state index contributed by atoms with van der Waals surface area (Å²) in [5.41, 5.74) is 6.69. The monoisotopic (exact) mass is 654 g/mol. The molecule has 46 heavy (non-hydrogen) atoms. The predicted octanol–water partition coefficient (Wildman–Crippen LogP) is 6.98. The third-order valence-corrected chi connectivity index (χ3v) is 8.63. The number of nitrogens with one attached hydrogen (secondary N) is 4. The Balaban J connectivity index is 0.000000181. The zero-order valence-electron chi connectivity index (χ0n) is 26.2. The molecule has 0 saturated heterocycles. The molecule has 0 spiro atoms. The lowest BCUT2D eigenvalue weighted by Crippen LogP contribution is -2.12. The third kappa shape index (κ3) is 8.02. The number of amides is 2. The van der Waals surface area contributed by atoms with Crippen molar-refractivity contribution in [2.75, 3.05) is 21.3 Å². The second-order valence-corrected chi connectivity index (χ2v) is 12.6. The number of benzene rings is 2. The molecule has 0 radical (unpaired) electrons. The molecule has 0 aliphatic heterocycles. The summed E-state index contributed by atoms with van der Waals surface area (Å²) in [6.45, 7) is 7.90. The van der Waals surface area contributed by atoms with E-state index in [1.807, 2.05) is 96.6 Å². The predicted molar refractivity (Wildman–Crippen MR) is 185 cm³/mol. The first-order valence-electron chi connectivity index (χ1n) is 14.2. The van der Waals surface area contributed by atoms with E-state index in [1.54, 1.807) is 28.0 Å². The molecular weight excluding hydrogens is 621 g/mol. The smallest absolute Gasteiger partial charge is 0.267 e. The molecule has 0 bridgehead atoms. The SMILES string of the molecule is Cc1cccc(C)c1NC(=O)c1cnc(Nc2ccn(C)n2)s1.Cc1cccc(C)c1NC(=O)c1cnc(Nc2cnn(C)c2)s1. The Labute approximate surface area is 274 Å². The van der Waals surface area contributed by atoms with Crippen molar-refractivity contribution < 1.29 is 9.59 Å². The lowest BCUT2D eigenvalue weighted by Gasteiger charge is -2.10. The number of aromatic nitrogens is 6. The molecule has 0 aliphatic rings. The highest BCUT2D eigenvalue weighted by atomic mass is 32.1. The Hall–Kier alpha value is -5.34. The van der Waals surface area contributed by atoms with Gasteiger partial charge in [-0.3, -0.25) is 19.0 Å². The van der Waals surface area contributed by atoms with E-state index in [0.29, 0.717) is 25.8 Å². The van der Waals surface area contributed by atoms with Crippen LogP contribution in [0.5, 0.6) is 0 Å². The van der Waals surface area contributed by atoms with Gasteiger partial charge in [0, 0.05) is 43.9 Å². The minimum absolute atomic E-state index is 0.154. The number of hydrogen-bond donors (Lipinski definition) is 4. The maximum absolute atomic E-state index is 12.4. The first-order chi connectivity index (χ1) is 22.0. The number of rotatable bonds is 8. The minimum atomic E-state index is -0.158. The number of carbonyl (C=O) groups excluding carboxylic acids is 2. The normalized spacial score (nSPS) is 10.6. The van der Waals surface area contributed by atoms with E-state index in [-0.39, 0.29) is 11.8 Å². The molecule has 6 aromatic rings. The average molecular weight is 655 g/mol. The van der Waals surface area contributed by atoms with E-state index in [4.69, 9.17) is 0 Å². The molecule has 2 aromatic carbocycles. The largest absolute Gasteiger partial charge is 0.329 e. The van der Waals surface area contributed by atoms with Crippen molar-refractivity contribution in [3.63, 3.8) is 0 Å². The Kier molecular flexibility index (Phi) is 9.88. The van der Waals surface area contributed by atoms with Gasteiger partial charge in [0.25, 0.3) is 11.8 Å². The molecule has 4 N–H and O–H groups in total. The van der Waals surface area contributed by atoms with Crippen molar-refractivity contribution >= 4 is 67.6 Å². The maximum Gasteiger partial charge on any atom is 0.267 e. The molecule has 4 heterocycles. The van der Waals surface area contributed by atoms with Crippen LogP contribution in [-0.2, 0) is 14.1 Å². The number of thiazole rings is 2. The summed E-state index contributed by atoms with van der Waals surface area (Å²) in [7, 11) is 3.69. The van der Waals surface area contributed by atoms with E-state index in [1.165, 1.54) is 22.7 Å². The molecule has 0 unspecified atom stereocenters. The molecule has 14 heteroatoms. The van der Waals surface area contributed by atoms with Crippen molar-refractivity contribution in [2.24, 2.45) is 14.1 Å². The third-order valence-electron chi connectivity index (χ3n) is 6.80. The molecule has 2 amide bonds. The lowest BCUT2D eigenvalue weighted by atomic mass is 10.1. The standard InChI is InChI=1S/2C16H17N5OS/c1-10-5-4-6-11(2)14(10)20-15(22)13-8-17-16(23-13)19-12-7-18-21(3)9-12;1-10-5-4-6-11(2)14(10)19-15(22)12-9-17-16(23-12)18-13-7-8-21(3)20-13/h4-9H,1-3H3,(H,17,19)(H,20,22);4-9H,1-3H3,(H,19,22)(H,17,18,20). The van der Waals surface area contributed by atoms with Crippen LogP contribution in [-0.4, -0.2) is 41.3 Å². The number of hydrogen-bond acceptors (Lipinski definition) is 10. The summed E-state index contributed by atoms with van der Waals surface area (Å²) in [5, 5.41) is 21.7. The number of nitrogens with zero attached hydrogens (tertiary/aromatic N) is 6. The van der Waals surface area contributed by atoms with Crippen LogP contribution in [0.15, 0.2) is 73.4 Å². The number of anilines is 6. The van der Waals surface area contributed by atoms with E-state index in [2.05, 4.69) is 41.4 Å². The van der Waals surface area contributed by atoms with Crippen LogP contribution < -0.4 is 21.3 Å². The van der Waals surface area contributed by atoms with Gasteiger partial charge in [0.2, 0.25) is 0 Å². The van der Waals surface area contributed by atoms with Crippen LogP contribution in [0.4, 0.5) is 33.1 Å². The minimum Gasteiger partial charge on any atom is -0.329 e. The zero-order valence-corrected chi connectivity index (χ0v) is 27.9. The molecule has 0 aliphatic carbocycles. The fraction of sp³-hybridized carbons (Fsp3) is 0.188. The van der Waals surface area contributed by atoms with Gasteiger partial charge in [-0.1, -0.05) is 59.1 Å². The second kappa shape index (κ2) is 14.2. The van der Waals surface area contributed by atoms with Crippen molar-refractivity contribution in [3.8, 4) is 0 Å². The zero-order chi connectivity index (χ0) is 32.8. The highest BCUT2D eigenvalue weighted by Crippen LogP contribution is 2.26. The second-order valence-electron chi connectivity index (χ2n) is 10.5. The maximum atomic E-state index is 12.4. The van der Waals surface area contributed by atoms with Gasteiger partial charge in [-0.05, 0) is 49.9 Å². The quantitative estimate of drug-likeness (QED) is 0.138. The highest BCUT2D eigenvalue weighted by Gasteiger charge is 2.15. The summed E-state index contributed by atoms with van der Waals surface area (Å²) < 4.78 is 3.40. The van der Waals surface area contributed by atoms with Crippen LogP contribution in [0.1, 0.15) is 41.6 Å². The summed E-state index contributed by atoms with van der Waals surface area (Å²) in [4.78, 5) is 34.4. The molecule has 12 nitrogen and oxygen atoms in total. The van der Waals surface area contributed by atoms with E-state index < -0.39 is 0 Å². The Morgan fingerprint density at radius 3 is 1.61 bits per heavy atom. The van der Waals surface area contributed by atoms with Gasteiger partial charge < -0.3 is 21.3 Å². The first-order valence-corrected chi connectivity index (χ1v) is 15.9. The van der Waals surface area contributed by atoms with Crippen LogP contribution in [0, 0.1) is 27.7 Å². The summed E-state index contributed by atoms with van der Waals surface area (Å²) in [6, 6.07) is 13.7. The van der Waals surface area contributed by atoms with E-state index in [0.717, 1.165) is 39.3 Å². The Morgan fingerprint density at radius 1 is 0.674 bits per heavy atom. The van der Waals surface area contributed by atoms with Crippen LogP contribution in [0.25, 0.3) is 0 Å². The first kappa shape index (κ1) is 32.1. The Bertz CT molecular complexity index is 1810. The fourth-order valence-corrected chi connectivity index (χ4v) is 5.90. The highest BCUT2D eigenvalue weighted by molar-refractivity contribution is 7.18. The average Bonchev–Trinajstić information content (AvgIpc) is 3.83. The van der Waals surface area contributed by atoms with Gasteiger partial charge in [-0.15, -0.1) is 0 Å². The summed E-state index contributed by atoms with van der Waals surface area (Å²) in [6.07, 6.45) is 8.53. The van der Waals surface area contributed by atoms with Crippen molar-refractivity contribution in [3.05, 3.63) is 105 Å².